The number of benzene rings is 2. The molecule has 3 N–H and O–H groups in total. The molecule has 0 heterocycles. The minimum absolute atomic E-state index is 0.0719. The van der Waals surface area contributed by atoms with Gasteiger partial charge in [0.2, 0.25) is 0 Å². The zero-order valence-electron chi connectivity index (χ0n) is 11.1. The minimum Gasteiger partial charge on any atom is -0.396 e. The van der Waals surface area contributed by atoms with E-state index in [9.17, 15) is 12.8 Å². The van der Waals surface area contributed by atoms with Gasteiger partial charge in [-0.05, 0) is 49.2 Å². The molecule has 0 unspecified atom stereocenters. The second-order valence-electron chi connectivity index (χ2n) is 4.61. The van der Waals surface area contributed by atoms with Crippen molar-refractivity contribution in [2.45, 2.75) is 18.7 Å². The second-order valence-corrected chi connectivity index (χ2v) is 6.29. The average molecular weight is 294 g/mol. The molecule has 0 bridgehead atoms. The van der Waals surface area contributed by atoms with E-state index < -0.39 is 15.8 Å². The van der Waals surface area contributed by atoms with Crippen molar-refractivity contribution in [1.82, 2.24) is 0 Å². The highest BCUT2D eigenvalue weighted by Gasteiger charge is 2.16. The maximum atomic E-state index is 13.1. The van der Waals surface area contributed by atoms with E-state index in [0.717, 1.165) is 23.3 Å². The summed E-state index contributed by atoms with van der Waals surface area (Å²) < 4.78 is 40.1. The molecule has 4 nitrogen and oxygen atoms in total. The lowest BCUT2D eigenvalue weighted by atomic mass is 10.1. The average Bonchev–Trinajstić information content (AvgIpc) is 2.36. The highest BCUT2D eigenvalue weighted by Crippen LogP contribution is 2.22. The van der Waals surface area contributed by atoms with Crippen molar-refractivity contribution in [3.63, 3.8) is 0 Å². The van der Waals surface area contributed by atoms with Crippen LogP contribution < -0.4 is 10.5 Å². The Morgan fingerprint density at radius 2 is 1.80 bits per heavy atom. The van der Waals surface area contributed by atoms with E-state index in [-0.39, 0.29) is 10.6 Å². The van der Waals surface area contributed by atoms with E-state index in [4.69, 9.17) is 5.73 Å². The molecular weight excluding hydrogens is 279 g/mol. The molecule has 0 aliphatic carbocycles. The molecule has 2 aromatic carbocycles. The summed E-state index contributed by atoms with van der Waals surface area (Å²) in [5.74, 6) is -0.643. The van der Waals surface area contributed by atoms with Gasteiger partial charge in [-0.25, -0.2) is 12.8 Å². The molecule has 0 radical (unpaired) electrons. The van der Waals surface area contributed by atoms with Crippen LogP contribution in [0.4, 0.5) is 15.8 Å². The standard InChI is InChI=1S/C14H15FN2O2S/c1-9-3-4-10(2)14(7-9)17-20(18,19)11-5-6-12(15)13(16)8-11/h3-8,17H,16H2,1-2H3. The molecule has 0 atom stereocenters. The van der Waals surface area contributed by atoms with E-state index >= 15 is 0 Å². The SMILES string of the molecule is Cc1ccc(C)c(NS(=O)(=O)c2ccc(F)c(N)c2)c1. The number of rotatable bonds is 3. The van der Waals surface area contributed by atoms with Crippen LogP contribution in [0.25, 0.3) is 0 Å². The Hall–Kier alpha value is -2.08. The Bertz CT molecular complexity index is 758. The lowest BCUT2D eigenvalue weighted by molar-refractivity contribution is 0.600. The molecule has 106 valence electrons. The van der Waals surface area contributed by atoms with Gasteiger partial charge in [0.1, 0.15) is 5.82 Å². The van der Waals surface area contributed by atoms with Gasteiger partial charge in [-0.3, -0.25) is 4.72 Å². The van der Waals surface area contributed by atoms with Crippen molar-refractivity contribution in [3.8, 4) is 0 Å². The van der Waals surface area contributed by atoms with Gasteiger partial charge in [-0.2, -0.15) is 0 Å². The smallest absolute Gasteiger partial charge is 0.261 e. The first-order valence-electron chi connectivity index (χ1n) is 5.95. The van der Waals surface area contributed by atoms with E-state index in [1.807, 2.05) is 19.1 Å². The molecule has 0 spiro atoms. The van der Waals surface area contributed by atoms with Crippen molar-refractivity contribution in [2.75, 3.05) is 10.5 Å². The normalized spacial score (nSPS) is 11.3. The number of nitrogen functional groups attached to an aromatic ring is 1. The van der Waals surface area contributed by atoms with Gasteiger partial charge >= 0.3 is 0 Å². The fourth-order valence-corrected chi connectivity index (χ4v) is 2.90. The van der Waals surface area contributed by atoms with Gasteiger partial charge in [0.15, 0.2) is 0 Å². The quantitative estimate of drug-likeness (QED) is 0.855. The molecule has 20 heavy (non-hydrogen) atoms. The first kappa shape index (κ1) is 14.3. The van der Waals surface area contributed by atoms with Crippen LogP contribution in [0.2, 0.25) is 0 Å². The number of nitrogens with two attached hydrogens (primary N) is 1. The maximum Gasteiger partial charge on any atom is 0.261 e. The van der Waals surface area contributed by atoms with Gasteiger partial charge in [0.25, 0.3) is 10.0 Å². The third-order valence-electron chi connectivity index (χ3n) is 2.92. The van der Waals surface area contributed by atoms with Crippen LogP contribution in [0.5, 0.6) is 0 Å². The fraction of sp³-hybridized carbons (Fsp3) is 0.143. The molecule has 0 amide bonds. The third-order valence-corrected chi connectivity index (χ3v) is 4.28. The maximum absolute atomic E-state index is 13.1. The van der Waals surface area contributed by atoms with Crippen LogP contribution >= 0.6 is 0 Å². The molecule has 0 aliphatic heterocycles. The highest BCUT2D eigenvalue weighted by molar-refractivity contribution is 7.92. The zero-order valence-corrected chi connectivity index (χ0v) is 12.0. The van der Waals surface area contributed by atoms with Crippen LogP contribution in [-0.4, -0.2) is 8.42 Å². The predicted octanol–water partition coefficient (Wildman–Crippen LogP) is 2.83. The summed E-state index contributed by atoms with van der Waals surface area (Å²) in [5.41, 5.74) is 7.43. The largest absolute Gasteiger partial charge is 0.396 e. The van der Waals surface area contributed by atoms with Crippen molar-refractivity contribution >= 4 is 21.4 Å². The minimum atomic E-state index is -3.79. The first-order chi connectivity index (χ1) is 9.29. The zero-order chi connectivity index (χ0) is 14.9. The molecule has 2 aromatic rings. The summed E-state index contributed by atoms with van der Waals surface area (Å²) in [4.78, 5) is -0.0719. The van der Waals surface area contributed by atoms with E-state index in [2.05, 4.69) is 4.72 Å². The van der Waals surface area contributed by atoms with Crippen LogP contribution in [0.3, 0.4) is 0 Å². The molecule has 0 fully saturated rings. The van der Waals surface area contributed by atoms with E-state index in [1.165, 1.54) is 6.07 Å². The molecule has 0 saturated carbocycles. The Morgan fingerprint density at radius 3 is 2.45 bits per heavy atom. The van der Waals surface area contributed by atoms with Crippen molar-refractivity contribution < 1.29 is 12.8 Å². The summed E-state index contributed by atoms with van der Waals surface area (Å²) in [6, 6.07) is 8.77. The lowest BCUT2D eigenvalue weighted by Crippen LogP contribution is -2.14. The number of nitrogens with one attached hydrogen (secondary N) is 1. The highest BCUT2D eigenvalue weighted by atomic mass is 32.2. The van der Waals surface area contributed by atoms with Gasteiger partial charge < -0.3 is 5.73 Å². The molecule has 0 aliphatic rings. The van der Waals surface area contributed by atoms with Crippen LogP contribution in [0, 0.1) is 19.7 Å². The summed E-state index contributed by atoms with van der Waals surface area (Å²) >= 11 is 0. The Labute approximate surface area is 117 Å². The molecule has 6 heteroatoms. The fourth-order valence-electron chi connectivity index (χ4n) is 1.74. The summed E-state index contributed by atoms with van der Waals surface area (Å²) in [5, 5.41) is 0. The monoisotopic (exact) mass is 294 g/mol. The Morgan fingerprint density at radius 1 is 1.10 bits per heavy atom. The van der Waals surface area contributed by atoms with Gasteiger partial charge in [0.05, 0.1) is 16.3 Å². The third kappa shape index (κ3) is 2.91. The Balaban J connectivity index is 2.40. The first-order valence-corrected chi connectivity index (χ1v) is 7.43. The van der Waals surface area contributed by atoms with Gasteiger partial charge in [-0.15, -0.1) is 0 Å². The lowest BCUT2D eigenvalue weighted by Gasteiger charge is -2.12. The second kappa shape index (κ2) is 5.13. The topological polar surface area (TPSA) is 72.2 Å². The number of sulfonamides is 1. The molecule has 0 saturated heterocycles. The number of hydrogen-bond donors (Lipinski definition) is 2. The summed E-state index contributed by atoms with van der Waals surface area (Å²) in [7, 11) is -3.79. The van der Waals surface area contributed by atoms with Gasteiger partial charge in [0, 0.05) is 0 Å². The van der Waals surface area contributed by atoms with Crippen molar-refractivity contribution in [2.24, 2.45) is 0 Å². The summed E-state index contributed by atoms with van der Waals surface area (Å²) in [6.45, 7) is 3.67. The van der Waals surface area contributed by atoms with E-state index in [1.54, 1.807) is 13.0 Å². The number of anilines is 2. The van der Waals surface area contributed by atoms with Crippen LogP contribution in [0.15, 0.2) is 41.3 Å². The van der Waals surface area contributed by atoms with Crippen LogP contribution in [0.1, 0.15) is 11.1 Å². The van der Waals surface area contributed by atoms with Crippen molar-refractivity contribution in [1.29, 1.82) is 0 Å². The van der Waals surface area contributed by atoms with Crippen LogP contribution in [-0.2, 0) is 10.0 Å². The summed E-state index contributed by atoms with van der Waals surface area (Å²) in [6.07, 6.45) is 0. The number of hydrogen-bond acceptors (Lipinski definition) is 3. The van der Waals surface area contributed by atoms with Crippen molar-refractivity contribution in [3.05, 3.63) is 53.3 Å². The predicted molar refractivity (Wildman–Crippen MR) is 77.5 cm³/mol. The molecule has 2 rings (SSSR count). The number of halogens is 1. The number of aryl methyl sites for hydroxylation is 2. The van der Waals surface area contributed by atoms with E-state index in [0.29, 0.717) is 5.69 Å². The molecular formula is C14H15FN2O2S. The molecule has 0 aromatic heterocycles. The Kier molecular flexibility index (Phi) is 3.67. The van der Waals surface area contributed by atoms with Gasteiger partial charge in [-0.1, -0.05) is 12.1 Å².